The van der Waals surface area contributed by atoms with Crippen LogP contribution in [0.2, 0.25) is 0 Å². The Bertz CT molecular complexity index is 528. The zero-order chi connectivity index (χ0) is 11.9. The highest BCUT2D eigenvalue weighted by molar-refractivity contribution is 9.10. The molecule has 2 N–H and O–H groups in total. The highest BCUT2D eigenvalue weighted by atomic mass is 79.9. The van der Waals surface area contributed by atoms with E-state index >= 15 is 0 Å². The molecular weight excluding hydrogens is 266 g/mol. The average Bonchev–Trinajstić information content (AvgIpc) is 2.56. The lowest BCUT2D eigenvalue weighted by molar-refractivity contribution is 0.540. The molecule has 0 aliphatic rings. The summed E-state index contributed by atoms with van der Waals surface area (Å²) < 4.78 is 6.83. The van der Waals surface area contributed by atoms with Gasteiger partial charge in [0.25, 0.3) is 0 Å². The van der Waals surface area contributed by atoms with E-state index in [2.05, 4.69) is 48.8 Å². The topological polar surface area (TPSA) is 39.2 Å². The summed E-state index contributed by atoms with van der Waals surface area (Å²) in [4.78, 5) is 0. The van der Waals surface area contributed by atoms with E-state index in [4.69, 9.17) is 10.2 Å². The summed E-state index contributed by atoms with van der Waals surface area (Å²) >= 11 is 3.54. The van der Waals surface area contributed by atoms with Gasteiger partial charge in [-0.3, -0.25) is 0 Å². The van der Waals surface area contributed by atoms with Crippen LogP contribution < -0.4 is 5.73 Å². The Morgan fingerprint density at radius 1 is 1.38 bits per heavy atom. The number of fused-ring (bicyclic) bond motifs is 1. The van der Waals surface area contributed by atoms with Gasteiger partial charge in [0.15, 0.2) is 0 Å². The standard InChI is InChI=1S/C13H16BrNO/c1-7(2)12-9-4-8(3)5-10(14)13(9)16-11(12)6-15/h4-5,7H,6,15H2,1-3H3. The summed E-state index contributed by atoms with van der Waals surface area (Å²) in [5.74, 6) is 1.32. The van der Waals surface area contributed by atoms with Crippen molar-refractivity contribution in [1.29, 1.82) is 0 Å². The van der Waals surface area contributed by atoms with Crippen molar-refractivity contribution in [3.8, 4) is 0 Å². The van der Waals surface area contributed by atoms with Gasteiger partial charge in [-0.2, -0.15) is 0 Å². The second-order valence-corrected chi connectivity index (χ2v) is 5.28. The van der Waals surface area contributed by atoms with E-state index in [1.165, 1.54) is 16.5 Å². The summed E-state index contributed by atoms with van der Waals surface area (Å²) in [5, 5.41) is 1.18. The van der Waals surface area contributed by atoms with Crippen LogP contribution in [0.3, 0.4) is 0 Å². The van der Waals surface area contributed by atoms with Crippen molar-refractivity contribution in [2.45, 2.75) is 33.2 Å². The summed E-state index contributed by atoms with van der Waals surface area (Å²) in [6.07, 6.45) is 0. The van der Waals surface area contributed by atoms with Gasteiger partial charge in [-0.1, -0.05) is 13.8 Å². The van der Waals surface area contributed by atoms with Crippen LogP contribution in [0.25, 0.3) is 11.0 Å². The molecule has 2 rings (SSSR count). The van der Waals surface area contributed by atoms with E-state index < -0.39 is 0 Å². The van der Waals surface area contributed by atoms with Gasteiger partial charge in [0.1, 0.15) is 11.3 Å². The Morgan fingerprint density at radius 2 is 2.06 bits per heavy atom. The minimum Gasteiger partial charge on any atom is -0.458 e. The highest BCUT2D eigenvalue weighted by Crippen LogP contribution is 2.36. The normalized spacial score (nSPS) is 11.6. The number of nitrogens with two attached hydrogens (primary N) is 1. The van der Waals surface area contributed by atoms with Crippen LogP contribution in [-0.4, -0.2) is 0 Å². The number of aryl methyl sites for hydroxylation is 1. The molecule has 0 radical (unpaired) electrons. The van der Waals surface area contributed by atoms with Crippen LogP contribution in [0, 0.1) is 6.92 Å². The molecule has 16 heavy (non-hydrogen) atoms. The van der Waals surface area contributed by atoms with Crippen LogP contribution in [0.15, 0.2) is 21.0 Å². The Balaban J connectivity index is 2.84. The molecule has 0 atom stereocenters. The van der Waals surface area contributed by atoms with E-state index in [9.17, 15) is 0 Å². The third-order valence-electron chi connectivity index (χ3n) is 2.77. The lowest BCUT2D eigenvalue weighted by Crippen LogP contribution is -1.99. The summed E-state index contributed by atoms with van der Waals surface area (Å²) in [6.45, 7) is 6.87. The molecule has 1 aromatic heterocycles. The van der Waals surface area contributed by atoms with E-state index in [0.717, 1.165) is 15.8 Å². The first kappa shape index (κ1) is 11.7. The molecule has 0 bridgehead atoms. The number of rotatable bonds is 2. The molecule has 86 valence electrons. The van der Waals surface area contributed by atoms with Gasteiger partial charge >= 0.3 is 0 Å². The van der Waals surface area contributed by atoms with Crippen molar-refractivity contribution in [3.05, 3.63) is 33.5 Å². The second-order valence-electron chi connectivity index (χ2n) is 4.42. The summed E-state index contributed by atoms with van der Waals surface area (Å²) in [7, 11) is 0. The molecule has 0 unspecified atom stereocenters. The van der Waals surface area contributed by atoms with Crippen molar-refractivity contribution in [3.63, 3.8) is 0 Å². The van der Waals surface area contributed by atoms with Gasteiger partial charge in [-0.25, -0.2) is 0 Å². The summed E-state index contributed by atoms with van der Waals surface area (Å²) in [5.41, 5.74) is 9.11. The Labute approximate surface area is 104 Å². The average molecular weight is 282 g/mol. The smallest absolute Gasteiger partial charge is 0.148 e. The molecule has 0 aliphatic carbocycles. The van der Waals surface area contributed by atoms with Crippen LogP contribution >= 0.6 is 15.9 Å². The molecule has 1 heterocycles. The first-order chi connectivity index (χ1) is 7.54. The third kappa shape index (κ3) is 1.78. The minimum atomic E-state index is 0.425. The molecule has 2 aromatic rings. The Kier molecular flexibility index (Phi) is 3.08. The van der Waals surface area contributed by atoms with Crippen molar-refractivity contribution in [1.82, 2.24) is 0 Å². The molecule has 1 aromatic carbocycles. The van der Waals surface area contributed by atoms with Crippen LogP contribution in [0.1, 0.15) is 36.7 Å². The number of halogens is 1. The van der Waals surface area contributed by atoms with Crippen molar-refractivity contribution in [2.24, 2.45) is 5.73 Å². The predicted octanol–water partition coefficient (Wildman–Crippen LogP) is 4.09. The quantitative estimate of drug-likeness (QED) is 0.901. The van der Waals surface area contributed by atoms with Gasteiger partial charge in [-0.05, 0) is 46.5 Å². The van der Waals surface area contributed by atoms with Crippen LogP contribution in [0.5, 0.6) is 0 Å². The molecule has 0 amide bonds. The fourth-order valence-corrected chi connectivity index (χ4v) is 2.80. The maximum Gasteiger partial charge on any atom is 0.148 e. The molecule has 0 fully saturated rings. The van der Waals surface area contributed by atoms with Crippen molar-refractivity contribution < 1.29 is 4.42 Å². The van der Waals surface area contributed by atoms with E-state index in [-0.39, 0.29) is 0 Å². The van der Waals surface area contributed by atoms with E-state index in [1.807, 2.05) is 0 Å². The lowest BCUT2D eigenvalue weighted by atomic mass is 9.98. The van der Waals surface area contributed by atoms with Gasteiger partial charge in [0.05, 0.1) is 11.0 Å². The number of furan rings is 1. The van der Waals surface area contributed by atoms with Crippen molar-refractivity contribution >= 4 is 26.9 Å². The van der Waals surface area contributed by atoms with Gasteiger partial charge in [0, 0.05) is 10.9 Å². The molecular formula is C13H16BrNO. The SMILES string of the molecule is Cc1cc(Br)c2oc(CN)c(C(C)C)c2c1. The predicted molar refractivity (Wildman–Crippen MR) is 70.6 cm³/mol. The Hall–Kier alpha value is -0.800. The highest BCUT2D eigenvalue weighted by Gasteiger charge is 2.17. The van der Waals surface area contributed by atoms with Gasteiger partial charge in [0.2, 0.25) is 0 Å². The minimum absolute atomic E-state index is 0.425. The van der Waals surface area contributed by atoms with Gasteiger partial charge < -0.3 is 10.2 Å². The van der Waals surface area contributed by atoms with Gasteiger partial charge in [-0.15, -0.1) is 0 Å². The zero-order valence-electron chi connectivity index (χ0n) is 9.80. The molecule has 0 saturated heterocycles. The largest absolute Gasteiger partial charge is 0.458 e. The second kappa shape index (κ2) is 4.22. The maximum atomic E-state index is 5.82. The molecule has 0 spiro atoms. The fraction of sp³-hybridized carbons (Fsp3) is 0.385. The van der Waals surface area contributed by atoms with Crippen molar-refractivity contribution in [2.75, 3.05) is 0 Å². The summed E-state index contributed by atoms with van der Waals surface area (Å²) in [6, 6.07) is 4.23. The molecule has 2 nitrogen and oxygen atoms in total. The van der Waals surface area contributed by atoms with Crippen LogP contribution in [-0.2, 0) is 6.54 Å². The molecule has 0 aliphatic heterocycles. The molecule has 0 saturated carbocycles. The van der Waals surface area contributed by atoms with Crippen LogP contribution in [0.4, 0.5) is 0 Å². The number of benzene rings is 1. The fourth-order valence-electron chi connectivity index (χ4n) is 2.15. The maximum absolute atomic E-state index is 5.82. The molecule has 3 heteroatoms. The Morgan fingerprint density at radius 3 is 2.62 bits per heavy atom. The number of hydrogen-bond acceptors (Lipinski definition) is 2. The zero-order valence-corrected chi connectivity index (χ0v) is 11.4. The van der Waals surface area contributed by atoms with E-state index in [1.54, 1.807) is 0 Å². The first-order valence-electron chi connectivity index (χ1n) is 5.46. The monoisotopic (exact) mass is 281 g/mol. The third-order valence-corrected chi connectivity index (χ3v) is 3.36. The number of hydrogen-bond donors (Lipinski definition) is 1. The lowest BCUT2D eigenvalue weighted by Gasteiger charge is -2.05. The first-order valence-corrected chi connectivity index (χ1v) is 6.25. The van der Waals surface area contributed by atoms with E-state index in [0.29, 0.717) is 12.5 Å².